The number of ketones is 1. The van der Waals surface area contributed by atoms with Gasteiger partial charge in [0.25, 0.3) is 0 Å². The first-order valence-corrected chi connectivity index (χ1v) is 12.4. The highest BCUT2D eigenvalue weighted by atomic mass is 16.5. The number of aromatic nitrogens is 1. The van der Waals surface area contributed by atoms with E-state index in [1.807, 2.05) is 25.1 Å². The number of dihydropyridines is 1. The van der Waals surface area contributed by atoms with Crippen molar-refractivity contribution in [3.63, 3.8) is 0 Å². The molecule has 1 aliphatic carbocycles. The summed E-state index contributed by atoms with van der Waals surface area (Å²) in [5, 5.41) is 5.65. The number of methoxy groups -OCH3 is 1. The lowest BCUT2D eigenvalue weighted by Crippen LogP contribution is -2.35. The number of furan rings is 1. The van der Waals surface area contributed by atoms with E-state index in [2.05, 4.69) is 53.2 Å². The van der Waals surface area contributed by atoms with Crippen LogP contribution in [0.1, 0.15) is 49.8 Å². The number of Topliss-reactive ketones (excluding diaryl/α,β-unsaturated/α-hetero) is 1. The third-order valence-corrected chi connectivity index (χ3v) is 7.62. The van der Waals surface area contributed by atoms with E-state index in [9.17, 15) is 9.59 Å². The van der Waals surface area contributed by atoms with Crippen LogP contribution in [0.5, 0.6) is 0 Å². The van der Waals surface area contributed by atoms with Crippen LogP contribution in [0, 0.1) is 0 Å². The molecular weight excluding hydrogens is 452 g/mol. The minimum atomic E-state index is -0.494. The molecule has 36 heavy (non-hydrogen) atoms. The number of hydrogen-bond donors (Lipinski definition) is 1. The minimum Gasteiger partial charge on any atom is -0.469 e. The summed E-state index contributed by atoms with van der Waals surface area (Å²) in [4.78, 5) is 26.7. The fourth-order valence-corrected chi connectivity index (χ4v) is 6.07. The van der Waals surface area contributed by atoms with Crippen molar-refractivity contribution in [2.45, 2.75) is 45.1 Å². The average Bonchev–Trinajstić information content (AvgIpc) is 3.53. The first-order valence-electron chi connectivity index (χ1n) is 12.4. The van der Waals surface area contributed by atoms with Crippen molar-refractivity contribution < 1.29 is 18.7 Å². The molecule has 3 heterocycles. The standard InChI is InChI=1S/C30H28N2O4/c1-4-32-23-9-6-5-8-20(23)21-14-18(11-12-24(21)32)28-27(30(34)35-3)17(2)31-22-15-19(16-25(33)29(22)28)26-10-7-13-36-26/h5-14,19,28,31H,4,15-16H2,1-3H3/t19-,28-/m0/s1. The maximum atomic E-state index is 13.7. The fraction of sp³-hybridized carbons (Fsp3) is 0.267. The maximum Gasteiger partial charge on any atom is 0.336 e. The van der Waals surface area contributed by atoms with Gasteiger partial charge in [0, 0.05) is 63.6 Å². The Morgan fingerprint density at radius 3 is 2.64 bits per heavy atom. The van der Waals surface area contributed by atoms with Crippen LogP contribution in [-0.4, -0.2) is 23.4 Å². The molecule has 0 saturated carbocycles. The molecular formula is C30H28N2O4. The largest absolute Gasteiger partial charge is 0.469 e. The number of aryl methyl sites for hydroxylation is 1. The van der Waals surface area contributed by atoms with Gasteiger partial charge in [-0.25, -0.2) is 4.79 Å². The third kappa shape index (κ3) is 3.32. The van der Waals surface area contributed by atoms with Crippen LogP contribution < -0.4 is 5.32 Å². The number of para-hydroxylation sites is 1. The van der Waals surface area contributed by atoms with Crippen LogP contribution in [-0.2, 0) is 20.9 Å². The molecule has 0 unspecified atom stereocenters. The highest BCUT2D eigenvalue weighted by Gasteiger charge is 2.41. The number of benzene rings is 2. The van der Waals surface area contributed by atoms with Crippen LogP contribution >= 0.6 is 0 Å². The number of esters is 1. The molecule has 2 aromatic carbocycles. The summed E-state index contributed by atoms with van der Waals surface area (Å²) in [7, 11) is 1.39. The van der Waals surface area contributed by atoms with Gasteiger partial charge in [-0.2, -0.15) is 0 Å². The minimum absolute atomic E-state index is 0.0279. The Bertz CT molecular complexity index is 1590. The summed E-state index contributed by atoms with van der Waals surface area (Å²) < 4.78 is 13.1. The van der Waals surface area contributed by atoms with Crippen LogP contribution in [0.25, 0.3) is 21.8 Å². The Kier molecular flexibility index (Phi) is 5.32. The van der Waals surface area contributed by atoms with Crippen molar-refractivity contribution >= 4 is 33.6 Å². The first kappa shape index (κ1) is 22.4. The van der Waals surface area contributed by atoms with E-state index in [1.54, 1.807) is 6.26 Å². The molecule has 2 aliphatic rings. The number of nitrogens with zero attached hydrogens (tertiary/aromatic N) is 1. The molecule has 0 saturated heterocycles. The second-order valence-electron chi connectivity index (χ2n) is 9.56. The first-order chi connectivity index (χ1) is 17.5. The molecule has 6 nitrogen and oxygen atoms in total. The van der Waals surface area contributed by atoms with E-state index in [1.165, 1.54) is 12.6 Å². The van der Waals surface area contributed by atoms with Gasteiger partial charge >= 0.3 is 5.97 Å². The topological polar surface area (TPSA) is 73.5 Å². The van der Waals surface area contributed by atoms with Gasteiger partial charge in [-0.05, 0) is 56.2 Å². The van der Waals surface area contributed by atoms with Gasteiger partial charge in [0.05, 0.1) is 18.9 Å². The van der Waals surface area contributed by atoms with Gasteiger partial charge in [0.2, 0.25) is 0 Å². The van der Waals surface area contributed by atoms with Crippen LogP contribution in [0.15, 0.2) is 87.8 Å². The molecule has 2 atom stereocenters. The normalized spacial score (nSPS) is 20.1. The molecule has 1 aliphatic heterocycles. The van der Waals surface area contributed by atoms with Gasteiger partial charge in [-0.15, -0.1) is 0 Å². The van der Waals surface area contributed by atoms with Crippen molar-refractivity contribution in [1.29, 1.82) is 0 Å². The Morgan fingerprint density at radius 2 is 1.89 bits per heavy atom. The molecule has 0 amide bonds. The fourth-order valence-electron chi connectivity index (χ4n) is 6.07. The van der Waals surface area contributed by atoms with Crippen molar-refractivity contribution in [2.75, 3.05) is 7.11 Å². The summed E-state index contributed by atoms with van der Waals surface area (Å²) in [6.07, 6.45) is 2.63. The number of fused-ring (bicyclic) bond motifs is 3. The highest BCUT2D eigenvalue weighted by molar-refractivity contribution is 6.09. The number of allylic oxidation sites excluding steroid dienone is 3. The molecule has 182 valence electrons. The lowest BCUT2D eigenvalue weighted by atomic mass is 9.72. The maximum absolute atomic E-state index is 13.7. The van der Waals surface area contributed by atoms with Gasteiger partial charge in [-0.3, -0.25) is 4.79 Å². The molecule has 4 aromatic rings. The Balaban J connectivity index is 1.55. The van der Waals surface area contributed by atoms with Crippen molar-refractivity contribution in [2.24, 2.45) is 0 Å². The zero-order valence-electron chi connectivity index (χ0n) is 20.6. The zero-order valence-corrected chi connectivity index (χ0v) is 20.6. The summed E-state index contributed by atoms with van der Waals surface area (Å²) in [6.45, 7) is 4.87. The molecule has 0 spiro atoms. The lowest BCUT2D eigenvalue weighted by Gasteiger charge is -2.36. The average molecular weight is 481 g/mol. The number of hydrogen-bond acceptors (Lipinski definition) is 5. The van der Waals surface area contributed by atoms with Gasteiger partial charge in [-0.1, -0.05) is 24.3 Å². The number of carbonyl (C=O) groups is 2. The van der Waals surface area contributed by atoms with E-state index in [-0.39, 0.29) is 11.7 Å². The third-order valence-electron chi connectivity index (χ3n) is 7.62. The smallest absolute Gasteiger partial charge is 0.336 e. The number of carbonyl (C=O) groups excluding carboxylic acids is 2. The monoisotopic (exact) mass is 480 g/mol. The summed E-state index contributed by atoms with van der Waals surface area (Å²) in [5.74, 6) is -0.111. The molecule has 0 fully saturated rings. The van der Waals surface area contributed by atoms with E-state index in [0.717, 1.165) is 45.6 Å². The molecule has 6 heteroatoms. The van der Waals surface area contributed by atoms with Crippen LogP contribution in [0.4, 0.5) is 0 Å². The van der Waals surface area contributed by atoms with E-state index >= 15 is 0 Å². The second-order valence-corrected chi connectivity index (χ2v) is 9.56. The van der Waals surface area contributed by atoms with Crippen LogP contribution in [0.2, 0.25) is 0 Å². The van der Waals surface area contributed by atoms with Crippen LogP contribution in [0.3, 0.4) is 0 Å². The summed E-state index contributed by atoms with van der Waals surface area (Å²) in [5.41, 5.74) is 5.95. The predicted octanol–water partition coefficient (Wildman–Crippen LogP) is 5.94. The zero-order chi connectivity index (χ0) is 25.0. The van der Waals surface area contributed by atoms with E-state index in [0.29, 0.717) is 24.0 Å². The number of ether oxygens (including phenoxy) is 1. The van der Waals surface area contributed by atoms with Crippen molar-refractivity contribution in [3.05, 3.63) is 94.7 Å². The summed E-state index contributed by atoms with van der Waals surface area (Å²) >= 11 is 0. The quantitative estimate of drug-likeness (QED) is 0.366. The van der Waals surface area contributed by atoms with Gasteiger partial charge < -0.3 is 19.0 Å². The lowest BCUT2D eigenvalue weighted by molar-refractivity contribution is -0.136. The molecule has 1 N–H and O–H groups in total. The summed E-state index contributed by atoms with van der Waals surface area (Å²) in [6, 6.07) is 18.4. The van der Waals surface area contributed by atoms with Crippen molar-refractivity contribution in [3.8, 4) is 0 Å². The number of nitrogens with one attached hydrogen (secondary N) is 1. The highest BCUT2D eigenvalue weighted by Crippen LogP contribution is 2.46. The predicted molar refractivity (Wildman–Crippen MR) is 138 cm³/mol. The van der Waals surface area contributed by atoms with E-state index in [4.69, 9.17) is 9.15 Å². The second kappa shape index (κ2) is 8.55. The van der Waals surface area contributed by atoms with Crippen molar-refractivity contribution in [1.82, 2.24) is 9.88 Å². The molecule has 0 radical (unpaired) electrons. The molecule has 0 bridgehead atoms. The Hall–Kier alpha value is -4.06. The van der Waals surface area contributed by atoms with Gasteiger partial charge in [0.1, 0.15) is 5.76 Å². The van der Waals surface area contributed by atoms with E-state index < -0.39 is 11.9 Å². The number of rotatable bonds is 4. The SMILES string of the molecule is CCn1c2ccccc2c2cc([C@H]3C(C(=O)OC)=C(C)NC4=C3C(=O)C[C@@H](c3ccco3)C4)ccc21. The Labute approximate surface area is 209 Å². The van der Waals surface area contributed by atoms with Gasteiger partial charge in [0.15, 0.2) is 5.78 Å². The molecule has 2 aromatic heterocycles. The Morgan fingerprint density at radius 1 is 1.08 bits per heavy atom. The molecule has 6 rings (SSSR count).